The maximum atomic E-state index is 12.1. The van der Waals surface area contributed by atoms with E-state index in [4.69, 9.17) is 32.0 Å². The van der Waals surface area contributed by atoms with E-state index in [0.29, 0.717) is 21.0 Å². The third-order valence-corrected chi connectivity index (χ3v) is 4.65. The van der Waals surface area contributed by atoms with Crippen LogP contribution in [0.2, 0.25) is 10.0 Å². The molecule has 1 atom stereocenters. The van der Waals surface area contributed by atoms with Crippen LogP contribution >= 0.6 is 35.0 Å². The lowest BCUT2D eigenvalue weighted by atomic mass is 10.1. The lowest BCUT2D eigenvalue weighted by molar-refractivity contribution is -0.119. The Morgan fingerprint density at radius 2 is 2.16 bits per heavy atom. The fourth-order valence-corrected chi connectivity index (χ4v) is 3.26. The molecule has 2 aromatic heterocycles. The minimum Gasteiger partial charge on any atom is -0.459 e. The minimum atomic E-state index is -0.251. The number of benzene rings is 1. The SMILES string of the molecule is C[C@H](NC(=O)CSc1nnc(-c2ccco2)o1)c1ccc(Cl)cc1Cl. The van der Waals surface area contributed by atoms with Crippen molar-refractivity contribution in [2.75, 3.05) is 5.75 Å². The summed E-state index contributed by atoms with van der Waals surface area (Å²) in [6.07, 6.45) is 1.52. The van der Waals surface area contributed by atoms with E-state index in [9.17, 15) is 4.79 Å². The number of thioether (sulfide) groups is 1. The summed E-state index contributed by atoms with van der Waals surface area (Å²) in [6.45, 7) is 1.85. The number of furan rings is 1. The molecule has 0 unspecified atom stereocenters. The van der Waals surface area contributed by atoms with Gasteiger partial charge in [0.25, 0.3) is 11.1 Å². The second kappa shape index (κ2) is 7.95. The lowest BCUT2D eigenvalue weighted by Gasteiger charge is -2.15. The van der Waals surface area contributed by atoms with Crippen LogP contribution < -0.4 is 5.32 Å². The van der Waals surface area contributed by atoms with Gasteiger partial charge in [-0.1, -0.05) is 41.0 Å². The van der Waals surface area contributed by atoms with Gasteiger partial charge in [0.05, 0.1) is 18.1 Å². The van der Waals surface area contributed by atoms with Gasteiger partial charge in [0, 0.05) is 10.0 Å². The van der Waals surface area contributed by atoms with E-state index in [1.807, 2.05) is 6.92 Å². The van der Waals surface area contributed by atoms with Crippen molar-refractivity contribution < 1.29 is 13.6 Å². The summed E-state index contributed by atoms with van der Waals surface area (Å²) in [4.78, 5) is 12.1. The van der Waals surface area contributed by atoms with Crippen molar-refractivity contribution in [3.05, 3.63) is 52.2 Å². The van der Waals surface area contributed by atoms with Gasteiger partial charge in [0.15, 0.2) is 5.76 Å². The molecule has 0 aliphatic carbocycles. The zero-order valence-electron chi connectivity index (χ0n) is 13.0. The van der Waals surface area contributed by atoms with Crippen molar-refractivity contribution in [3.63, 3.8) is 0 Å². The quantitative estimate of drug-likeness (QED) is 0.611. The summed E-state index contributed by atoms with van der Waals surface area (Å²) in [7, 11) is 0. The highest BCUT2D eigenvalue weighted by molar-refractivity contribution is 7.99. The average Bonchev–Trinajstić information content (AvgIpc) is 3.24. The molecule has 0 aliphatic heterocycles. The molecule has 1 N–H and O–H groups in total. The summed E-state index contributed by atoms with van der Waals surface area (Å²) in [6, 6.07) is 8.35. The number of hydrogen-bond acceptors (Lipinski definition) is 6. The van der Waals surface area contributed by atoms with Crippen LogP contribution in [-0.4, -0.2) is 21.9 Å². The summed E-state index contributed by atoms with van der Waals surface area (Å²) in [5.41, 5.74) is 0.794. The van der Waals surface area contributed by atoms with Crippen molar-refractivity contribution in [3.8, 4) is 11.7 Å². The van der Waals surface area contributed by atoms with Gasteiger partial charge in [-0.25, -0.2) is 0 Å². The van der Waals surface area contributed by atoms with Crippen LogP contribution in [0.4, 0.5) is 0 Å². The molecule has 0 saturated carbocycles. The Bertz CT molecular complexity index is 867. The fourth-order valence-electron chi connectivity index (χ4n) is 2.11. The average molecular weight is 398 g/mol. The highest BCUT2D eigenvalue weighted by atomic mass is 35.5. The van der Waals surface area contributed by atoms with Gasteiger partial charge in [-0.15, -0.1) is 10.2 Å². The van der Waals surface area contributed by atoms with Crippen molar-refractivity contribution in [1.29, 1.82) is 0 Å². The first-order valence-corrected chi connectivity index (χ1v) is 9.01. The van der Waals surface area contributed by atoms with Gasteiger partial charge in [0.1, 0.15) is 0 Å². The molecular weight excluding hydrogens is 385 g/mol. The lowest BCUT2D eigenvalue weighted by Crippen LogP contribution is -2.28. The molecule has 3 rings (SSSR count). The maximum absolute atomic E-state index is 12.1. The zero-order chi connectivity index (χ0) is 17.8. The van der Waals surface area contributed by atoms with Crippen LogP contribution in [0.5, 0.6) is 0 Å². The predicted octanol–water partition coefficient (Wildman–Crippen LogP) is 4.61. The molecule has 130 valence electrons. The largest absolute Gasteiger partial charge is 0.459 e. The third kappa shape index (κ3) is 4.56. The monoisotopic (exact) mass is 397 g/mol. The second-order valence-corrected chi connectivity index (χ2v) is 6.86. The molecule has 0 radical (unpaired) electrons. The Morgan fingerprint density at radius 1 is 1.32 bits per heavy atom. The topological polar surface area (TPSA) is 81.2 Å². The van der Waals surface area contributed by atoms with E-state index in [1.54, 1.807) is 30.3 Å². The van der Waals surface area contributed by atoms with Crippen molar-refractivity contribution >= 4 is 40.9 Å². The molecule has 25 heavy (non-hydrogen) atoms. The molecule has 2 heterocycles. The first kappa shape index (κ1) is 17.8. The van der Waals surface area contributed by atoms with Crippen LogP contribution in [0.25, 0.3) is 11.7 Å². The molecule has 0 spiro atoms. The molecule has 0 bridgehead atoms. The van der Waals surface area contributed by atoms with Gasteiger partial charge in [-0.3, -0.25) is 4.79 Å². The van der Waals surface area contributed by atoms with Gasteiger partial charge in [-0.05, 0) is 36.8 Å². The molecule has 1 amide bonds. The van der Waals surface area contributed by atoms with Crippen LogP contribution in [-0.2, 0) is 4.79 Å². The first-order chi connectivity index (χ1) is 12.0. The highest BCUT2D eigenvalue weighted by Crippen LogP contribution is 2.27. The van der Waals surface area contributed by atoms with Crippen LogP contribution in [0.3, 0.4) is 0 Å². The van der Waals surface area contributed by atoms with E-state index in [0.717, 1.165) is 17.3 Å². The Kier molecular flexibility index (Phi) is 5.67. The van der Waals surface area contributed by atoms with E-state index in [1.165, 1.54) is 6.26 Å². The number of rotatable bonds is 6. The number of nitrogens with one attached hydrogen (secondary N) is 1. The molecule has 0 fully saturated rings. The number of halogens is 2. The summed E-state index contributed by atoms with van der Waals surface area (Å²) >= 11 is 13.2. The van der Waals surface area contributed by atoms with Gasteiger partial charge >= 0.3 is 0 Å². The minimum absolute atomic E-state index is 0.134. The second-order valence-electron chi connectivity index (χ2n) is 5.09. The summed E-state index contributed by atoms with van der Waals surface area (Å²) in [5, 5.41) is 12.0. The molecule has 0 saturated heterocycles. The number of amides is 1. The number of carbonyl (C=O) groups is 1. The predicted molar refractivity (Wildman–Crippen MR) is 95.7 cm³/mol. The van der Waals surface area contributed by atoms with Crippen LogP contribution in [0.1, 0.15) is 18.5 Å². The zero-order valence-corrected chi connectivity index (χ0v) is 15.4. The fraction of sp³-hybridized carbons (Fsp3) is 0.188. The van der Waals surface area contributed by atoms with Crippen molar-refractivity contribution in [2.24, 2.45) is 0 Å². The smallest absolute Gasteiger partial charge is 0.284 e. The maximum Gasteiger partial charge on any atom is 0.284 e. The van der Waals surface area contributed by atoms with Gasteiger partial charge in [-0.2, -0.15) is 0 Å². The van der Waals surface area contributed by atoms with Crippen LogP contribution in [0.15, 0.2) is 50.7 Å². The van der Waals surface area contributed by atoms with Gasteiger partial charge < -0.3 is 14.2 Å². The normalized spacial score (nSPS) is 12.1. The number of nitrogens with zero attached hydrogens (tertiary/aromatic N) is 2. The third-order valence-electron chi connectivity index (χ3n) is 3.27. The number of aromatic nitrogens is 2. The van der Waals surface area contributed by atoms with Crippen molar-refractivity contribution in [2.45, 2.75) is 18.2 Å². The summed E-state index contributed by atoms with van der Waals surface area (Å²) in [5.74, 6) is 0.709. The molecule has 6 nitrogen and oxygen atoms in total. The van der Waals surface area contributed by atoms with Crippen molar-refractivity contribution in [1.82, 2.24) is 15.5 Å². The molecule has 3 aromatic rings. The Labute approximate surface area is 157 Å². The first-order valence-electron chi connectivity index (χ1n) is 7.27. The summed E-state index contributed by atoms with van der Waals surface area (Å²) < 4.78 is 10.6. The Morgan fingerprint density at radius 3 is 2.88 bits per heavy atom. The van der Waals surface area contributed by atoms with E-state index < -0.39 is 0 Å². The standard InChI is InChI=1S/C16H13Cl2N3O3S/c1-9(11-5-4-10(17)7-12(11)18)19-14(22)8-25-16-21-20-15(24-16)13-3-2-6-23-13/h2-7,9H,8H2,1H3,(H,19,22)/t9-/m0/s1. The van der Waals surface area contributed by atoms with E-state index >= 15 is 0 Å². The van der Waals surface area contributed by atoms with E-state index in [2.05, 4.69) is 15.5 Å². The van der Waals surface area contributed by atoms with E-state index in [-0.39, 0.29) is 23.6 Å². The Hall–Kier alpha value is -1.96. The number of carbonyl (C=O) groups excluding carboxylic acids is 1. The Balaban J connectivity index is 1.54. The molecule has 9 heteroatoms. The number of hydrogen-bond donors (Lipinski definition) is 1. The molecule has 0 aliphatic rings. The van der Waals surface area contributed by atoms with Gasteiger partial charge in [0.2, 0.25) is 5.91 Å². The highest BCUT2D eigenvalue weighted by Gasteiger charge is 2.16. The molecule has 1 aromatic carbocycles. The van der Waals surface area contributed by atoms with Crippen LogP contribution in [0, 0.1) is 0 Å². The molecular formula is C16H13Cl2N3O3S.